The Morgan fingerprint density at radius 1 is 1.17 bits per heavy atom. The van der Waals surface area contributed by atoms with Gasteiger partial charge in [-0.2, -0.15) is 0 Å². The highest BCUT2D eigenvalue weighted by atomic mass is 16.5. The van der Waals surface area contributed by atoms with Crippen molar-refractivity contribution in [2.45, 2.75) is 57.9 Å². The van der Waals surface area contributed by atoms with Crippen LogP contribution in [0.3, 0.4) is 0 Å². The van der Waals surface area contributed by atoms with Gasteiger partial charge in [0.05, 0.1) is 12.0 Å². The van der Waals surface area contributed by atoms with Crippen molar-refractivity contribution in [3.63, 3.8) is 0 Å². The third-order valence-corrected chi connectivity index (χ3v) is 7.65. The lowest BCUT2D eigenvalue weighted by molar-refractivity contribution is -0.121. The number of nitrogens with zero attached hydrogens (tertiary/aromatic N) is 2. The van der Waals surface area contributed by atoms with Crippen LogP contribution in [-0.2, 0) is 11.2 Å². The molecule has 1 aliphatic carbocycles. The van der Waals surface area contributed by atoms with Gasteiger partial charge in [-0.3, -0.25) is 9.69 Å². The highest BCUT2D eigenvalue weighted by molar-refractivity contribution is 5.85. The first-order valence-corrected chi connectivity index (χ1v) is 12.8. The zero-order valence-corrected chi connectivity index (χ0v) is 21.5. The summed E-state index contributed by atoms with van der Waals surface area (Å²) in [6, 6.07) is 5.46. The molecule has 2 aromatic rings. The maximum Gasteiger partial charge on any atom is 0.340 e. The standard InChI is InChI=1S/C28H39N3O4/c1-20(2)18-34-22-8-9-23-21(3)24(27(33)35-25(23)16-22)17-26(32)29-19-28(10-6-5-7-11-28)31-14-12-30(4)13-15-31/h8-9,16H,1,5-7,10-15,17-19H2,2-4H3,(H,29,32). The minimum absolute atomic E-state index is 0.0246. The largest absolute Gasteiger partial charge is 0.489 e. The minimum atomic E-state index is -0.464. The molecule has 7 nitrogen and oxygen atoms in total. The summed E-state index contributed by atoms with van der Waals surface area (Å²) in [5, 5.41) is 4.00. The van der Waals surface area contributed by atoms with Gasteiger partial charge in [0.15, 0.2) is 0 Å². The lowest BCUT2D eigenvalue weighted by atomic mass is 9.79. The number of hydrogen-bond donors (Lipinski definition) is 1. The molecule has 1 saturated heterocycles. The van der Waals surface area contributed by atoms with Gasteiger partial charge >= 0.3 is 5.63 Å². The first kappa shape index (κ1) is 25.5. The molecular formula is C28H39N3O4. The van der Waals surface area contributed by atoms with Crippen molar-refractivity contribution in [2.75, 3.05) is 46.4 Å². The van der Waals surface area contributed by atoms with E-state index in [2.05, 4.69) is 28.7 Å². The second-order valence-electron chi connectivity index (χ2n) is 10.4. The lowest BCUT2D eigenvalue weighted by Gasteiger charge is -2.49. The molecule has 1 aromatic carbocycles. The molecule has 4 rings (SSSR count). The topological polar surface area (TPSA) is 75.0 Å². The fraction of sp³-hybridized carbons (Fsp3) is 0.571. The van der Waals surface area contributed by atoms with Crippen molar-refractivity contribution in [2.24, 2.45) is 0 Å². The van der Waals surface area contributed by atoms with Crippen LogP contribution in [0.2, 0.25) is 0 Å². The van der Waals surface area contributed by atoms with E-state index >= 15 is 0 Å². The van der Waals surface area contributed by atoms with Crippen LogP contribution in [0.25, 0.3) is 11.0 Å². The zero-order chi connectivity index (χ0) is 25.0. The second kappa shape index (κ2) is 11.0. The smallest absolute Gasteiger partial charge is 0.340 e. The summed E-state index contributed by atoms with van der Waals surface area (Å²) in [7, 11) is 2.17. The number of amides is 1. The Kier molecular flexibility index (Phi) is 7.97. The van der Waals surface area contributed by atoms with Gasteiger partial charge in [-0.15, -0.1) is 0 Å². The normalized spacial score (nSPS) is 18.9. The molecule has 1 aromatic heterocycles. The van der Waals surface area contributed by atoms with Crippen LogP contribution in [0, 0.1) is 6.92 Å². The van der Waals surface area contributed by atoms with Crippen molar-refractivity contribution in [3.05, 3.63) is 51.9 Å². The molecule has 1 aliphatic heterocycles. The van der Waals surface area contributed by atoms with Crippen molar-refractivity contribution in [1.29, 1.82) is 0 Å². The van der Waals surface area contributed by atoms with Crippen molar-refractivity contribution in [3.8, 4) is 5.75 Å². The van der Waals surface area contributed by atoms with Gasteiger partial charge in [0, 0.05) is 49.7 Å². The Hall–Kier alpha value is -2.64. The number of piperazine rings is 1. The number of likely N-dealkylation sites (N-methyl/N-ethyl adjacent to an activating group) is 1. The van der Waals surface area contributed by atoms with E-state index in [0.29, 0.717) is 30.0 Å². The minimum Gasteiger partial charge on any atom is -0.489 e. The molecule has 1 N–H and O–H groups in total. The van der Waals surface area contributed by atoms with E-state index in [0.717, 1.165) is 55.5 Å². The average Bonchev–Trinajstić information content (AvgIpc) is 2.85. The van der Waals surface area contributed by atoms with E-state index in [9.17, 15) is 9.59 Å². The SMILES string of the molecule is C=C(C)COc1ccc2c(C)c(CC(=O)NCC3(N4CCN(C)CC4)CCCCC3)c(=O)oc2c1. The molecule has 190 valence electrons. The number of carbonyl (C=O) groups excluding carboxylic acids is 1. The van der Waals surface area contributed by atoms with Gasteiger partial charge in [-0.25, -0.2) is 4.79 Å². The molecule has 0 bridgehead atoms. The van der Waals surface area contributed by atoms with E-state index in [-0.39, 0.29) is 17.9 Å². The summed E-state index contributed by atoms with van der Waals surface area (Å²) in [5.41, 5.74) is 2.14. The van der Waals surface area contributed by atoms with E-state index in [1.54, 1.807) is 6.07 Å². The number of rotatable bonds is 8. The number of hydrogen-bond acceptors (Lipinski definition) is 6. The molecule has 0 unspecified atom stereocenters. The second-order valence-corrected chi connectivity index (χ2v) is 10.4. The van der Waals surface area contributed by atoms with E-state index in [1.807, 2.05) is 26.0 Å². The Morgan fingerprint density at radius 2 is 1.89 bits per heavy atom. The van der Waals surface area contributed by atoms with E-state index in [1.165, 1.54) is 19.3 Å². The van der Waals surface area contributed by atoms with Gasteiger partial charge in [0.2, 0.25) is 5.91 Å². The average molecular weight is 482 g/mol. The molecule has 35 heavy (non-hydrogen) atoms. The number of ether oxygens (including phenoxy) is 1. The Bertz CT molecular complexity index is 1120. The summed E-state index contributed by atoms with van der Waals surface area (Å²) in [5.74, 6) is 0.496. The Labute approximate surface area is 208 Å². The molecule has 7 heteroatoms. The quantitative estimate of drug-likeness (QED) is 0.458. The summed E-state index contributed by atoms with van der Waals surface area (Å²) in [4.78, 5) is 30.8. The first-order valence-electron chi connectivity index (χ1n) is 12.8. The van der Waals surface area contributed by atoms with Gasteiger partial charge < -0.3 is 19.4 Å². The number of fused-ring (bicyclic) bond motifs is 1. The van der Waals surface area contributed by atoms with Crippen LogP contribution in [0.5, 0.6) is 5.75 Å². The first-order chi connectivity index (χ1) is 16.8. The molecule has 1 amide bonds. The summed E-state index contributed by atoms with van der Waals surface area (Å²) in [6.45, 7) is 12.9. The van der Waals surface area contributed by atoms with Gasteiger partial charge in [0.25, 0.3) is 0 Å². The summed E-state index contributed by atoms with van der Waals surface area (Å²) in [6.07, 6.45) is 5.92. The van der Waals surface area contributed by atoms with Crippen LogP contribution in [0.15, 0.2) is 39.6 Å². The number of aryl methyl sites for hydroxylation is 1. The lowest BCUT2D eigenvalue weighted by Crippen LogP contribution is -2.61. The predicted octanol–water partition coefficient (Wildman–Crippen LogP) is 3.67. The van der Waals surface area contributed by atoms with Crippen molar-refractivity contribution in [1.82, 2.24) is 15.1 Å². The summed E-state index contributed by atoms with van der Waals surface area (Å²) < 4.78 is 11.3. The number of carbonyl (C=O) groups is 1. The number of nitrogens with one attached hydrogen (secondary N) is 1. The zero-order valence-electron chi connectivity index (χ0n) is 21.5. The molecule has 2 fully saturated rings. The van der Waals surface area contributed by atoms with Crippen LogP contribution in [0.4, 0.5) is 0 Å². The molecule has 0 spiro atoms. The van der Waals surface area contributed by atoms with Crippen LogP contribution >= 0.6 is 0 Å². The van der Waals surface area contributed by atoms with Crippen LogP contribution in [-0.4, -0.2) is 67.6 Å². The van der Waals surface area contributed by atoms with E-state index < -0.39 is 5.63 Å². The third kappa shape index (κ3) is 5.96. The molecule has 0 radical (unpaired) electrons. The third-order valence-electron chi connectivity index (χ3n) is 7.65. The molecule has 0 atom stereocenters. The van der Waals surface area contributed by atoms with E-state index in [4.69, 9.17) is 9.15 Å². The van der Waals surface area contributed by atoms with Crippen molar-refractivity contribution >= 4 is 16.9 Å². The van der Waals surface area contributed by atoms with Crippen LogP contribution in [0.1, 0.15) is 50.2 Å². The molecule has 2 heterocycles. The van der Waals surface area contributed by atoms with Gasteiger partial charge in [-0.1, -0.05) is 25.8 Å². The van der Waals surface area contributed by atoms with Crippen molar-refractivity contribution < 1.29 is 13.9 Å². The maximum absolute atomic E-state index is 13.0. The van der Waals surface area contributed by atoms with Crippen LogP contribution < -0.4 is 15.7 Å². The summed E-state index contributed by atoms with van der Waals surface area (Å²) >= 11 is 0. The fourth-order valence-electron chi connectivity index (χ4n) is 5.46. The highest BCUT2D eigenvalue weighted by Gasteiger charge is 2.39. The fourth-order valence-corrected chi connectivity index (χ4v) is 5.46. The maximum atomic E-state index is 13.0. The van der Waals surface area contributed by atoms with Gasteiger partial charge in [0.1, 0.15) is 17.9 Å². The molecular weight excluding hydrogens is 442 g/mol. The molecule has 2 aliphatic rings. The Balaban J connectivity index is 1.46. The van der Waals surface area contributed by atoms with Gasteiger partial charge in [-0.05, 0) is 57.0 Å². The predicted molar refractivity (Wildman–Crippen MR) is 139 cm³/mol. The highest BCUT2D eigenvalue weighted by Crippen LogP contribution is 2.34. The molecule has 1 saturated carbocycles. The number of benzene rings is 1. The Morgan fingerprint density at radius 3 is 2.57 bits per heavy atom. The monoisotopic (exact) mass is 481 g/mol.